The molecule has 1 aliphatic rings. The number of rotatable bonds is 3. The average molecular weight is 224 g/mol. The third-order valence-corrected chi connectivity index (χ3v) is 3.66. The van der Waals surface area contributed by atoms with Crippen molar-refractivity contribution < 1.29 is 4.79 Å². The van der Waals surface area contributed by atoms with E-state index in [1.165, 1.54) is 16.9 Å². The zero-order valence-electron chi connectivity index (χ0n) is 8.74. The van der Waals surface area contributed by atoms with Crippen LogP contribution < -0.4 is 5.73 Å². The van der Waals surface area contributed by atoms with Crippen molar-refractivity contribution in [2.24, 2.45) is 5.73 Å². The average Bonchev–Trinajstić information content (AvgIpc) is 2.87. The van der Waals surface area contributed by atoms with Crippen LogP contribution in [0.25, 0.3) is 0 Å². The highest BCUT2D eigenvalue weighted by Crippen LogP contribution is 2.19. The summed E-state index contributed by atoms with van der Waals surface area (Å²) in [6, 6.07) is 1.98. The van der Waals surface area contributed by atoms with Crippen LogP contribution in [0, 0.1) is 0 Å². The Hall–Kier alpha value is -0.870. The Morgan fingerprint density at radius 3 is 2.87 bits per heavy atom. The van der Waals surface area contributed by atoms with E-state index in [2.05, 4.69) is 0 Å². The summed E-state index contributed by atoms with van der Waals surface area (Å²) < 4.78 is 0. The van der Waals surface area contributed by atoms with Crippen molar-refractivity contribution in [1.29, 1.82) is 0 Å². The number of amides is 1. The van der Waals surface area contributed by atoms with Gasteiger partial charge < -0.3 is 10.6 Å². The topological polar surface area (TPSA) is 46.3 Å². The second-order valence-electron chi connectivity index (χ2n) is 3.86. The first-order valence-corrected chi connectivity index (χ1v) is 6.26. The lowest BCUT2D eigenvalue weighted by atomic mass is 10.2. The number of nitrogens with two attached hydrogens (primary N) is 1. The Labute approximate surface area is 93.9 Å². The molecule has 0 spiro atoms. The van der Waals surface area contributed by atoms with Gasteiger partial charge in [0, 0.05) is 13.1 Å². The lowest BCUT2D eigenvalue weighted by Crippen LogP contribution is -2.26. The van der Waals surface area contributed by atoms with Crippen LogP contribution in [0.15, 0.2) is 11.4 Å². The predicted octanol–water partition coefficient (Wildman–Crippen LogP) is 1.49. The molecule has 0 saturated carbocycles. The van der Waals surface area contributed by atoms with Gasteiger partial charge in [0.15, 0.2) is 0 Å². The van der Waals surface area contributed by atoms with E-state index in [0.29, 0.717) is 6.54 Å². The quantitative estimate of drug-likeness (QED) is 0.845. The van der Waals surface area contributed by atoms with Gasteiger partial charge in [0.2, 0.25) is 0 Å². The molecule has 1 fully saturated rings. The molecule has 2 rings (SSSR count). The summed E-state index contributed by atoms with van der Waals surface area (Å²) in [7, 11) is 0. The standard InChI is InChI=1S/C11H16N2OS/c12-4-3-9-7-10(15-8-9)11(14)13-5-1-2-6-13/h7-8H,1-6,12H2. The van der Waals surface area contributed by atoms with E-state index in [0.717, 1.165) is 37.2 Å². The van der Waals surface area contributed by atoms with Crippen LogP contribution in [0.3, 0.4) is 0 Å². The van der Waals surface area contributed by atoms with Crippen molar-refractivity contribution >= 4 is 17.2 Å². The molecule has 1 aromatic rings. The van der Waals surface area contributed by atoms with Gasteiger partial charge in [-0.3, -0.25) is 4.79 Å². The minimum absolute atomic E-state index is 0.195. The van der Waals surface area contributed by atoms with E-state index >= 15 is 0 Å². The summed E-state index contributed by atoms with van der Waals surface area (Å²) in [5.41, 5.74) is 6.66. The van der Waals surface area contributed by atoms with Crippen molar-refractivity contribution in [3.05, 3.63) is 21.9 Å². The fraction of sp³-hybridized carbons (Fsp3) is 0.545. The fourth-order valence-electron chi connectivity index (χ4n) is 1.86. The molecule has 15 heavy (non-hydrogen) atoms. The zero-order valence-corrected chi connectivity index (χ0v) is 9.55. The van der Waals surface area contributed by atoms with Gasteiger partial charge >= 0.3 is 0 Å². The van der Waals surface area contributed by atoms with Crippen LogP contribution in [0.4, 0.5) is 0 Å². The number of hydrogen-bond acceptors (Lipinski definition) is 3. The van der Waals surface area contributed by atoms with E-state index in [1.54, 1.807) is 0 Å². The minimum Gasteiger partial charge on any atom is -0.338 e. The van der Waals surface area contributed by atoms with Crippen molar-refractivity contribution in [3.8, 4) is 0 Å². The normalized spacial score (nSPS) is 15.9. The molecule has 0 unspecified atom stereocenters. The zero-order chi connectivity index (χ0) is 10.7. The van der Waals surface area contributed by atoms with E-state index < -0.39 is 0 Å². The molecule has 1 aliphatic heterocycles. The summed E-state index contributed by atoms with van der Waals surface area (Å²) in [4.78, 5) is 14.8. The maximum absolute atomic E-state index is 12.0. The molecular weight excluding hydrogens is 208 g/mol. The number of carbonyl (C=O) groups is 1. The fourth-order valence-corrected chi connectivity index (χ4v) is 2.78. The summed E-state index contributed by atoms with van der Waals surface area (Å²) in [5.74, 6) is 0.195. The summed E-state index contributed by atoms with van der Waals surface area (Å²) in [5, 5.41) is 2.04. The molecule has 0 bridgehead atoms. The van der Waals surface area contributed by atoms with Crippen molar-refractivity contribution in [3.63, 3.8) is 0 Å². The molecule has 4 heteroatoms. The molecule has 1 aromatic heterocycles. The van der Waals surface area contributed by atoms with Gasteiger partial charge in [-0.2, -0.15) is 0 Å². The second kappa shape index (κ2) is 4.77. The monoisotopic (exact) mass is 224 g/mol. The number of likely N-dealkylation sites (tertiary alicyclic amines) is 1. The highest BCUT2D eigenvalue weighted by molar-refractivity contribution is 7.12. The van der Waals surface area contributed by atoms with Gasteiger partial charge in [-0.1, -0.05) is 0 Å². The predicted molar refractivity (Wildman–Crippen MR) is 62.2 cm³/mol. The van der Waals surface area contributed by atoms with E-state index in [9.17, 15) is 4.79 Å². The smallest absolute Gasteiger partial charge is 0.263 e. The van der Waals surface area contributed by atoms with Crippen LogP contribution in [0.1, 0.15) is 28.1 Å². The molecule has 2 heterocycles. The molecule has 3 nitrogen and oxygen atoms in total. The highest BCUT2D eigenvalue weighted by atomic mass is 32.1. The Morgan fingerprint density at radius 2 is 2.20 bits per heavy atom. The van der Waals surface area contributed by atoms with E-state index in [4.69, 9.17) is 5.73 Å². The Bertz CT molecular complexity index is 342. The second-order valence-corrected chi connectivity index (χ2v) is 4.77. The van der Waals surface area contributed by atoms with Crippen LogP contribution >= 0.6 is 11.3 Å². The lowest BCUT2D eigenvalue weighted by molar-refractivity contribution is 0.0797. The highest BCUT2D eigenvalue weighted by Gasteiger charge is 2.20. The number of nitrogens with zero attached hydrogens (tertiary/aromatic N) is 1. The van der Waals surface area contributed by atoms with Crippen molar-refractivity contribution in [1.82, 2.24) is 4.90 Å². The third-order valence-electron chi connectivity index (χ3n) is 2.69. The molecule has 82 valence electrons. The van der Waals surface area contributed by atoms with E-state index in [-0.39, 0.29) is 5.91 Å². The minimum atomic E-state index is 0.195. The lowest BCUT2D eigenvalue weighted by Gasteiger charge is -2.13. The van der Waals surface area contributed by atoms with Gasteiger partial charge in [-0.05, 0) is 42.8 Å². The Morgan fingerprint density at radius 1 is 1.47 bits per heavy atom. The first kappa shape index (κ1) is 10.6. The SMILES string of the molecule is NCCc1csc(C(=O)N2CCCC2)c1. The maximum Gasteiger partial charge on any atom is 0.263 e. The first-order valence-electron chi connectivity index (χ1n) is 5.38. The van der Waals surface area contributed by atoms with Gasteiger partial charge in [0.1, 0.15) is 0 Å². The van der Waals surface area contributed by atoms with Crippen LogP contribution in [-0.2, 0) is 6.42 Å². The molecule has 0 aromatic carbocycles. The van der Waals surface area contributed by atoms with Gasteiger partial charge in [-0.15, -0.1) is 11.3 Å². The van der Waals surface area contributed by atoms with Crippen LogP contribution in [0.5, 0.6) is 0 Å². The van der Waals surface area contributed by atoms with E-state index in [1.807, 2.05) is 16.3 Å². The molecule has 0 radical (unpaired) electrons. The summed E-state index contributed by atoms with van der Waals surface area (Å²) in [6.45, 7) is 2.49. The van der Waals surface area contributed by atoms with Gasteiger partial charge in [-0.25, -0.2) is 0 Å². The van der Waals surface area contributed by atoms with Crippen molar-refractivity contribution in [2.75, 3.05) is 19.6 Å². The molecule has 0 aliphatic carbocycles. The molecule has 1 saturated heterocycles. The Balaban J connectivity index is 2.04. The number of carbonyl (C=O) groups excluding carboxylic acids is 1. The van der Waals surface area contributed by atoms with Crippen molar-refractivity contribution in [2.45, 2.75) is 19.3 Å². The molecule has 0 atom stereocenters. The van der Waals surface area contributed by atoms with Gasteiger partial charge in [0.25, 0.3) is 5.91 Å². The third kappa shape index (κ3) is 2.38. The number of hydrogen-bond donors (Lipinski definition) is 1. The number of thiophene rings is 1. The first-order chi connectivity index (χ1) is 7.31. The molecule has 2 N–H and O–H groups in total. The molecule has 1 amide bonds. The summed E-state index contributed by atoms with van der Waals surface area (Å²) in [6.07, 6.45) is 3.16. The molecular formula is C11H16N2OS. The largest absolute Gasteiger partial charge is 0.338 e. The van der Waals surface area contributed by atoms with Crippen LogP contribution in [-0.4, -0.2) is 30.4 Å². The maximum atomic E-state index is 12.0. The van der Waals surface area contributed by atoms with Gasteiger partial charge in [0.05, 0.1) is 4.88 Å². The summed E-state index contributed by atoms with van der Waals surface area (Å²) >= 11 is 1.54. The Kier molecular flexibility index (Phi) is 3.38. The van der Waals surface area contributed by atoms with Crippen LogP contribution in [0.2, 0.25) is 0 Å².